The summed E-state index contributed by atoms with van der Waals surface area (Å²) in [6.07, 6.45) is 6.00. The van der Waals surface area contributed by atoms with Crippen LogP contribution in [0, 0.1) is 11.5 Å². The maximum Gasteiger partial charge on any atom is 0.185 e. The number of likely N-dealkylation sites (N-methyl/N-ethyl adjacent to an activating group) is 1. The van der Waals surface area contributed by atoms with Crippen LogP contribution in [0.1, 0.15) is 0 Å². The molecule has 0 radical (unpaired) electrons. The van der Waals surface area contributed by atoms with Crippen molar-refractivity contribution in [3.05, 3.63) is 22.5 Å². The number of hydrogen-bond acceptors (Lipinski definition) is 3. The van der Waals surface area contributed by atoms with E-state index in [-0.39, 0.29) is 0 Å². The predicted molar refractivity (Wildman–Crippen MR) is 51.1 cm³/mol. The second-order valence-corrected chi connectivity index (χ2v) is 3.51. The fourth-order valence-corrected chi connectivity index (χ4v) is 1.39. The molecular weight excluding hydrogens is 218 g/mol. The lowest BCUT2D eigenvalue weighted by Gasteiger charge is -2.22. The van der Waals surface area contributed by atoms with E-state index < -0.39 is 0 Å². The summed E-state index contributed by atoms with van der Waals surface area (Å²) in [5.74, 6) is 0. The molecule has 1 aliphatic heterocycles. The molecule has 0 aromatic heterocycles. The first-order valence-electron chi connectivity index (χ1n) is 3.57. The van der Waals surface area contributed by atoms with Gasteiger partial charge in [0.15, 0.2) is 6.19 Å². The van der Waals surface area contributed by atoms with Crippen molar-refractivity contribution in [3.8, 4) is 6.19 Å². The molecule has 0 saturated heterocycles. The van der Waals surface area contributed by atoms with Crippen LogP contribution in [-0.2, 0) is 0 Å². The smallest absolute Gasteiger partial charge is 0.185 e. The van der Waals surface area contributed by atoms with Crippen LogP contribution >= 0.6 is 15.9 Å². The molecular formula is C8H10BrN3. The van der Waals surface area contributed by atoms with Gasteiger partial charge in [-0.2, -0.15) is 5.26 Å². The van der Waals surface area contributed by atoms with E-state index in [1.54, 1.807) is 4.90 Å². The van der Waals surface area contributed by atoms with Crippen molar-refractivity contribution < 1.29 is 0 Å². The Labute approximate surface area is 80.7 Å². The minimum Gasteiger partial charge on any atom is -0.378 e. The number of nitrogens with zero attached hydrogens (tertiary/aromatic N) is 3. The highest BCUT2D eigenvalue weighted by Gasteiger charge is 2.11. The van der Waals surface area contributed by atoms with E-state index >= 15 is 0 Å². The maximum absolute atomic E-state index is 8.65. The lowest BCUT2D eigenvalue weighted by Crippen LogP contribution is -2.21. The summed E-state index contributed by atoms with van der Waals surface area (Å²) in [4.78, 5) is 3.59. The van der Waals surface area contributed by atoms with Gasteiger partial charge in [-0.15, -0.1) is 0 Å². The van der Waals surface area contributed by atoms with Gasteiger partial charge in [-0.25, -0.2) is 0 Å². The molecule has 0 unspecified atom stereocenters. The van der Waals surface area contributed by atoms with Crippen LogP contribution in [0.3, 0.4) is 0 Å². The molecule has 3 nitrogen and oxygen atoms in total. The summed E-state index contributed by atoms with van der Waals surface area (Å²) in [5.41, 5.74) is 1.12. The fraction of sp³-hybridized carbons (Fsp3) is 0.375. The van der Waals surface area contributed by atoms with Crippen molar-refractivity contribution in [2.24, 2.45) is 0 Å². The third-order valence-electron chi connectivity index (χ3n) is 1.64. The van der Waals surface area contributed by atoms with Crippen LogP contribution in [0.2, 0.25) is 0 Å². The van der Waals surface area contributed by atoms with E-state index in [2.05, 4.69) is 22.1 Å². The van der Waals surface area contributed by atoms with Crippen molar-refractivity contribution in [3.63, 3.8) is 0 Å². The van der Waals surface area contributed by atoms with E-state index in [4.69, 9.17) is 5.26 Å². The van der Waals surface area contributed by atoms with Gasteiger partial charge in [0.05, 0.1) is 11.2 Å². The Kier molecular flexibility index (Phi) is 2.77. The van der Waals surface area contributed by atoms with Gasteiger partial charge < -0.3 is 4.90 Å². The monoisotopic (exact) mass is 227 g/mol. The van der Waals surface area contributed by atoms with Crippen LogP contribution < -0.4 is 0 Å². The summed E-state index contributed by atoms with van der Waals surface area (Å²) in [6, 6.07) is 0. The highest BCUT2D eigenvalue weighted by atomic mass is 79.9. The number of rotatable bonds is 1. The van der Waals surface area contributed by atoms with Crippen molar-refractivity contribution in [1.29, 1.82) is 5.26 Å². The number of allylic oxidation sites excluding steroid dienone is 1. The largest absolute Gasteiger partial charge is 0.378 e. The Hall–Kier alpha value is -0.950. The van der Waals surface area contributed by atoms with Gasteiger partial charge in [-0.3, -0.25) is 4.90 Å². The average Bonchev–Trinajstić information content (AvgIpc) is 2.04. The van der Waals surface area contributed by atoms with Crippen molar-refractivity contribution >= 4 is 15.9 Å². The molecule has 1 aliphatic rings. The van der Waals surface area contributed by atoms with Crippen LogP contribution in [0.25, 0.3) is 0 Å². The lowest BCUT2D eigenvalue weighted by atomic mass is 10.3. The average molecular weight is 228 g/mol. The van der Waals surface area contributed by atoms with E-state index in [1.807, 2.05) is 31.1 Å². The molecule has 0 saturated carbocycles. The molecule has 0 fully saturated rings. The SMILES string of the molecule is CN(C)C1=CCN(C#N)C(Br)=C1. The molecule has 12 heavy (non-hydrogen) atoms. The van der Waals surface area contributed by atoms with Crippen LogP contribution in [-0.4, -0.2) is 30.4 Å². The van der Waals surface area contributed by atoms with E-state index in [1.165, 1.54) is 0 Å². The maximum atomic E-state index is 8.65. The van der Waals surface area contributed by atoms with Crippen molar-refractivity contribution in [2.45, 2.75) is 0 Å². The van der Waals surface area contributed by atoms with Gasteiger partial charge in [-0.1, -0.05) is 0 Å². The number of halogens is 1. The zero-order valence-corrected chi connectivity index (χ0v) is 8.67. The molecule has 0 atom stereocenters. The summed E-state index contributed by atoms with van der Waals surface area (Å²) in [7, 11) is 3.95. The third kappa shape index (κ3) is 1.80. The Balaban J connectivity index is 2.79. The predicted octanol–water partition coefficient (Wildman–Crippen LogP) is 1.46. The van der Waals surface area contributed by atoms with E-state index in [9.17, 15) is 0 Å². The Morgan fingerprint density at radius 1 is 1.67 bits per heavy atom. The Bertz CT molecular complexity index is 273. The molecule has 64 valence electrons. The molecule has 1 heterocycles. The normalized spacial score (nSPS) is 16.3. The van der Waals surface area contributed by atoms with Gasteiger partial charge in [-0.05, 0) is 28.1 Å². The summed E-state index contributed by atoms with van der Waals surface area (Å²) < 4.78 is 0.816. The van der Waals surface area contributed by atoms with Crippen molar-refractivity contribution in [1.82, 2.24) is 9.80 Å². The molecule has 0 spiro atoms. The van der Waals surface area contributed by atoms with Crippen molar-refractivity contribution in [2.75, 3.05) is 20.6 Å². The molecule has 0 amide bonds. The highest BCUT2D eigenvalue weighted by molar-refractivity contribution is 9.11. The minimum absolute atomic E-state index is 0.640. The fourth-order valence-electron chi connectivity index (χ4n) is 0.931. The van der Waals surface area contributed by atoms with Gasteiger partial charge >= 0.3 is 0 Å². The third-order valence-corrected chi connectivity index (χ3v) is 2.30. The van der Waals surface area contributed by atoms with Crippen LogP contribution in [0.4, 0.5) is 0 Å². The van der Waals surface area contributed by atoms with Gasteiger partial charge in [0.25, 0.3) is 0 Å². The zero-order valence-electron chi connectivity index (χ0n) is 7.08. The summed E-state index contributed by atoms with van der Waals surface area (Å²) in [6.45, 7) is 0.640. The minimum atomic E-state index is 0.640. The molecule has 1 rings (SSSR count). The molecule has 4 heteroatoms. The van der Waals surface area contributed by atoms with Gasteiger partial charge in [0.2, 0.25) is 0 Å². The highest BCUT2D eigenvalue weighted by Crippen LogP contribution is 2.19. The first kappa shape index (κ1) is 9.14. The van der Waals surface area contributed by atoms with Crippen LogP contribution in [0.15, 0.2) is 22.5 Å². The molecule has 0 aromatic rings. The zero-order chi connectivity index (χ0) is 9.14. The lowest BCUT2D eigenvalue weighted by molar-refractivity contribution is 0.494. The van der Waals surface area contributed by atoms with E-state index in [0.717, 1.165) is 10.3 Å². The quantitative estimate of drug-likeness (QED) is 0.502. The first-order valence-corrected chi connectivity index (χ1v) is 4.36. The van der Waals surface area contributed by atoms with Gasteiger partial charge in [0, 0.05) is 19.8 Å². The Morgan fingerprint density at radius 3 is 2.75 bits per heavy atom. The number of hydrogen-bond donors (Lipinski definition) is 0. The van der Waals surface area contributed by atoms with Crippen LogP contribution in [0.5, 0.6) is 0 Å². The molecule has 0 bridgehead atoms. The van der Waals surface area contributed by atoms with Gasteiger partial charge in [0.1, 0.15) is 0 Å². The molecule has 0 N–H and O–H groups in total. The molecule has 0 aliphatic carbocycles. The second-order valence-electron chi connectivity index (χ2n) is 2.70. The summed E-state index contributed by atoms with van der Waals surface area (Å²) in [5, 5.41) is 8.65. The summed E-state index contributed by atoms with van der Waals surface area (Å²) >= 11 is 3.32. The standard InChI is InChI=1S/C8H10BrN3/c1-11(2)7-3-4-12(6-10)8(9)5-7/h3,5H,4H2,1-2H3. The Morgan fingerprint density at radius 2 is 2.33 bits per heavy atom. The topological polar surface area (TPSA) is 30.3 Å². The second kappa shape index (κ2) is 3.63. The van der Waals surface area contributed by atoms with E-state index in [0.29, 0.717) is 6.54 Å². The number of nitriles is 1. The first-order chi connectivity index (χ1) is 5.65. The molecule has 0 aromatic carbocycles.